The summed E-state index contributed by atoms with van der Waals surface area (Å²) < 4.78 is 25.7. The number of rotatable bonds is 3. The van der Waals surface area contributed by atoms with Gasteiger partial charge in [-0.05, 0) is 48.0 Å². The van der Waals surface area contributed by atoms with Crippen LogP contribution in [0.3, 0.4) is 0 Å². The van der Waals surface area contributed by atoms with E-state index >= 15 is 0 Å². The maximum absolute atomic E-state index is 13.0. The van der Waals surface area contributed by atoms with Gasteiger partial charge in [-0.1, -0.05) is 11.8 Å². The Morgan fingerprint density at radius 1 is 0.941 bits per heavy atom. The Kier molecular flexibility index (Phi) is 3.76. The van der Waals surface area contributed by atoms with Crippen molar-refractivity contribution in [1.29, 1.82) is 0 Å². The minimum absolute atomic E-state index is 0.221. The van der Waals surface area contributed by atoms with Gasteiger partial charge in [0, 0.05) is 9.79 Å². The lowest BCUT2D eigenvalue weighted by molar-refractivity contribution is 0.278. The van der Waals surface area contributed by atoms with E-state index in [-0.39, 0.29) is 18.2 Å². The molecule has 0 radical (unpaired) electrons. The summed E-state index contributed by atoms with van der Waals surface area (Å²) in [5, 5.41) is 9.13. The van der Waals surface area contributed by atoms with Crippen LogP contribution in [0.15, 0.2) is 52.3 Å². The topological polar surface area (TPSA) is 20.2 Å². The number of hydrogen-bond acceptors (Lipinski definition) is 2. The molecule has 0 amide bonds. The highest BCUT2D eigenvalue weighted by Crippen LogP contribution is 2.30. The Labute approximate surface area is 102 Å². The number of aliphatic hydroxyl groups excluding tert-OH is 1. The molecule has 2 rings (SSSR count). The average molecular weight is 252 g/mol. The molecule has 2 aromatic rings. The SMILES string of the molecule is OCc1cc(F)ccc1Sc1ccc(F)cc1. The first-order chi connectivity index (χ1) is 8.19. The lowest BCUT2D eigenvalue weighted by atomic mass is 10.2. The molecule has 0 aliphatic heterocycles. The fourth-order valence-electron chi connectivity index (χ4n) is 1.40. The second-order valence-corrected chi connectivity index (χ2v) is 4.58. The van der Waals surface area contributed by atoms with Gasteiger partial charge in [0.2, 0.25) is 0 Å². The van der Waals surface area contributed by atoms with Crippen LogP contribution in [0.25, 0.3) is 0 Å². The van der Waals surface area contributed by atoms with E-state index in [1.807, 2.05) is 0 Å². The van der Waals surface area contributed by atoms with Crippen LogP contribution in [0.4, 0.5) is 8.78 Å². The molecule has 0 saturated heterocycles. The predicted molar refractivity (Wildman–Crippen MR) is 62.8 cm³/mol. The van der Waals surface area contributed by atoms with Crippen LogP contribution < -0.4 is 0 Å². The Balaban J connectivity index is 2.26. The third-order valence-corrected chi connectivity index (χ3v) is 3.36. The zero-order valence-electron chi connectivity index (χ0n) is 8.86. The molecule has 4 heteroatoms. The van der Waals surface area contributed by atoms with Gasteiger partial charge in [-0.3, -0.25) is 0 Å². The molecule has 0 aromatic heterocycles. The van der Waals surface area contributed by atoms with Gasteiger partial charge in [-0.2, -0.15) is 0 Å². The number of halogens is 2. The Morgan fingerprint density at radius 2 is 1.59 bits per heavy atom. The third-order valence-electron chi connectivity index (χ3n) is 2.23. The smallest absolute Gasteiger partial charge is 0.123 e. The molecular weight excluding hydrogens is 242 g/mol. The fraction of sp³-hybridized carbons (Fsp3) is 0.0769. The van der Waals surface area contributed by atoms with Crippen molar-refractivity contribution in [2.45, 2.75) is 16.4 Å². The predicted octanol–water partition coefficient (Wildman–Crippen LogP) is 3.61. The Hall–Kier alpha value is -1.39. The van der Waals surface area contributed by atoms with E-state index in [0.717, 1.165) is 9.79 Å². The number of benzene rings is 2. The summed E-state index contributed by atoms with van der Waals surface area (Å²) in [5.74, 6) is -0.673. The van der Waals surface area contributed by atoms with Crippen LogP contribution in [-0.4, -0.2) is 5.11 Å². The van der Waals surface area contributed by atoms with Gasteiger partial charge in [0.1, 0.15) is 11.6 Å². The second kappa shape index (κ2) is 5.29. The van der Waals surface area contributed by atoms with Crippen LogP contribution in [0.1, 0.15) is 5.56 Å². The largest absolute Gasteiger partial charge is 0.392 e. The van der Waals surface area contributed by atoms with Gasteiger partial charge >= 0.3 is 0 Å². The Morgan fingerprint density at radius 3 is 2.24 bits per heavy atom. The first-order valence-corrected chi connectivity index (χ1v) is 5.83. The molecule has 1 N–H and O–H groups in total. The summed E-state index contributed by atoms with van der Waals surface area (Å²) in [4.78, 5) is 1.60. The quantitative estimate of drug-likeness (QED) is 0.900. The zero-order valence-corrected chi connectivity index (χ0v) is 9.68. The van der Waals surface area contributed by atoms with E-state index in [0.29, 0.717) is 5.56 Å². The number of aliphatic hydroxyl groups is 1. The van der Waals surface area contributed by atoms with Crippen molar-refractivity contribution < 1.29 is 13.9 Å². The first kappa shape index (κ1) is 12.1. The van der Waals surface area contributed by atoms with Gasteiger partial charge in [0.15, 0.2) is 0 Å². The molecule has 0 bridgehead atoms. The molecule has 0 fully saturated rings. The van der Waals surface area contributed by atoms with Crippen molar-refractivity contribution in [3.63, 3.8) is 0 Å². The maximum Gasteiger partial charge on any atom is 0.123 e. The molecular formula is C13H10F2OS. The average Bonchev–Trinajstić information content (AvgIpc) is 2.34. The molecule has 0 aliphatic rings. The lowest BCUT2D eigenvalue weighted by Crippen LogP contribution is -1.89. The molecule has 88 valence electrons. The third kappa shape index (κ3) is 3.05. The molecule has 17 heavy (non-hydrogen) atoms. The Bertz CT molecular complexity index is 511. The van der Waals surface area contributed by atoms with E-state index < -0.39 is 0 Å². The first-order valence-electron chi connectivity index (χ1n) is 5.02. The lowest BCUT2D eigenvalue weighted by Gasteiger charge is -2.07. The van der Waals surface area contributed by atoms with Gasteiger partial charge in [0.05, 0.1) is 6.61 Å². The van der Waals surface area contributed by atoms with Gasteiger partial charge < -0.3 is 5.11 Å². The normalized spacial score (nSPS) is 10.5. The van der Waals surface area contributed by atoms with Crippen molar-refractivity contribution in [3.8, 4) is 0 Å². The van der Waals surface area contributed by atoms with Crippen LogP contribution >= 0.6 is 11.8 Å². The molecule has 0 atom stereocenters. The summed E-state index contributed by atoms with van der Waals surface area (Å²) in [5.41, 5.74) is 0.527. The molecule has 1 nitrogen and oxygen atoms in total. The molecule has 0 spiro atoms. The van der Waals surface area contributed by atoms with E-state index in [9.17, 15) is 8.78 Å². The minimum Gasteiger partial charge on any atom is -0.392 e. The van der Waals surface area contributed by atoms with E-state index in [1.54, 1.807) is 18.2 Å². The summed E-state index contributed by atoms with van der Waals surface area (Å²) >= 11 is 1.36. The van der Waals surface area contributed by atoms with Gasteiger partial charge in [-0.15, -0.1) is 0 Å². The van der Waals surface area contributed by atoms with Crippen molar-refractivity contribution in [2.75, 3.05) is 0 Å². The molecule has 0 heterocycles. The summed E-state index contributed by atoms with van der Waals surface area (Å²) in [6, 6.07) is 10.3. The van der Waals surface area contributed by atoms with Crippen molar-refractivity contribution in [1.82, 2.24) is 0 Å². The maximum atomic E-state index is 13.0. The molecule has 0 saturated carbocycles. The van der Waals surface area contributed by atoms with E-state index in [1.165, 1.54) is 36.0 Å². The van der Waals surface area contributed by atoms with E-state index in [4.69, 9.17) is 5.11 Å². The summed E-state index contributed by atoms with van der Waals surface area (Å²) in [6.45, 7) is -0.221. The van der Waals surface area contributed by atoms with Gasteiger partial charge in [0.25, 0.3) is 0 Å². The standard InChI is InChI=1S/C13H10F2OS/c14-10-1-4-12(5-2-10)17-13-6-3-11(15)7-9(13)8-16/h1-7,16H,8H2. The van der Waals surface area contributed by atoms with Crippen LogP contribution in [0.2, 0.25) is 0 Å². The van der Waals surface area contributed by atoms with E-state index in [2.05, 4.69) is 0 Å². The minimum atomic E-state index is -0.377. The van der Waals surface area contributed by atoms with Gasteiger partial charge in [-0.25, -0.2) is 8.78 Å². The van der Waals surface area contributed by atoms with Crippen LogP contribution in [0.5, 0.6) is 0 Å². The summed E-state index contributed by atoms with van der Waals surface area (Å²) in [6.07, 6.45) is 0. The summed E-state index contributed by atoms with van der Waals surface area (Å²) in [7, 11) is 0. The van der Waals surface area contributed by atoms with Crippen LogP contribution in [0, 0.1) is 11.6 Å². The highest BCUT2D eigenvalue weighted by molar-refractivity contribution is 7.99. The molecule has 0 aliphatic carbocycles. The zero-order chi connectivity index (χ0) is 12.3. The van der Waals surface area contributed by atoms with Crippen molar-refractivity contribution in [2.24, 2.45) is 0 Å². The number of hydrogen-bond donors (Lipinski definition) is 1. The molecule has 2 aromatic carbocycles. The van der Waals surface area contributed by atoms with Crippen molar-refractivity contribution in [3.05, 3.63) is 59.7 Å². The highest BCUT2D eigenvalue weighted by Gasteiger charge is 2.05. The molecule has 0 unspecified atom stereocenters. The highest BCUT2D eigenvalue weighted by atomic mass is 32.2. The second-order valence-electron chi connectivity index (χ2n) is 3.47. The van der Waals surface area contributed by atoms with Crippen molar-refractivity contribution >= 4 is 11.8 Å². The van der Waals surface area contributed by atoms with Crippen LogP contribution in [-0.2, 0) is 6.61 Å². The monoisotopic (exact) mass is 252 g/mol. The fourth-order valence-corrected chi connectivity index (χ4v) is 2.32.